The molecule has 0 aromatic rings. The maximum Gasteiger partial charge on any atom is 0.231 e. The van der Waals surface area contributed by atoms with Gasteiger partial charge in [0.15, 0.2) is 0 Å². The Morgan fingerprint density at radius 2 is 2.09 bits per heavy atom. The molecule has 0 bridgehead atoms. The third-order valence-electron chi connectivity index (χ3n) is 1.49. The van der Waals surface area contributed by atoms with Crippen molar-refractivity contribution in [1.29, 1.82) is 0 Å². The fourth-order valence-corrected chi connectivity index (χ4v) is 1.08. The second-order valence-electron chi connectivity index (χ2n) is 2.60. The molecule has 1 atom stereocenters. The van der Waals surface area contributed by atoms with E-state index in [1.807, 2.05) is 6.92 Å². The van der Waals surface area contributed by atoms with Gasteiger partial charge in [0.1, 0.15) is 0 Å². The Kier molecular flexibility index (Phi) is 4.03. The Morgan fingerprint density at radius 3 is 2.18 bits per heavy atom. The van der Waals surface area contributed by atoms with Gasteiger partial charge in [-0.15, -0.1) is 0 Å². The Morgan fingerprint density at radius 1 is 1.64 bits per heavy atom. The monoisotopic (exact) mass is 174 g/mol. The molecule has 0 rings (SSSR count). The summed E-state index contributed by atoms with van der Waals surface area (Å²) in [7, 11) is 3.40. The highest BCUT2D eigenvalue weighted by Crippen LogP contribution is 2.05. The molecule has 1 unspecified atom stereocenters. The lowest BCUT2D eigenvalue weighted by Crippen LogP contribution is -2.36. The zero-order chi connectivity index (χ0) is 9.02. The van der Waals surface area contributed by atoms with Gasteiger partial charge in [-0.3, -0.25) is 4.79 Å². The molecule has 0 aliphatic heterocycles. The average Bonchev–Trinajstić information content (AvgIpc) is 1.88. The molecule has 2 N–H and O–H groups in total. The number of nitrogens with two attached hydrogens (primary N) is 1. The number of hydrogen-bond acceptors (Lipinski definition) is 2. The van der Waals surface area contributed by atoms with E-state index in [4.69, 9.17) is 18.0 Å². The molecule has 0 radical (unpaired) electrons. The minimum absolute atomic E-state index is 0.0139. The van der Waals surface area contributed by atoms with E-state index in [1.54, 1.807) is 14.1 Å². The van der Waals surface area contributed by atoms with Crippen LogP contribution in [0.15, 0.2) is 0 Å². The van der Waals surface area contributed by atoms with Gasteiger partial charge in [0.25, 0.3) is 0 Å². The molecular formula is C7H14N2OS. The van der Waals surface area contributed by atoms with Crippen LogP contribution in [-0.2, 0) is 4.79 Å². The highest BCUT2D eigenvalue weighted by Gasteiger charge is 2.20. The van der Waals surface area contributed by atoms with E-state index in [9.17, 15) is 4.79 Å². The van der Waals surface area contributed by atoms with Crippen molar-refractivity contribution in [2.75, 3.05) is 14.1 Å². The first-order valence-corrected chi connectivity index (χ1v) is 3.92. The SMILES string of the molecule is CCC(C(=O)N(C)C)C(N)=S. The van der Waals surface area contributed by atoms with Crippen molar-refractivity contribution in [2.24, 2.45) is 11.7 Å². The normalized spacial score (nSPS) is 12.3. The fraction of sp³-hybridized carbons (Fsp3) is 0.714. The lowest BCUT2D eigenvalue weighted by molar-refractivity contribution is -0.130. The third kappa shape index (κ3) is 2.84. The molecule has 1 amide bonds. The highest BCUT2D eigenvalue weighted by atomic mass is 32.1. The summed E-state index contributed by atoms with van der Waals surface area (Å²) in [5.41, 5.74) is 5.37. The summed E-state index contributed by atoms with van der Waals surface area (Å²) in [6.07, 6.45) is 0.673. The van der Waals surface area contributed by atoms with Crippen LogP contribution >= 0.6 is 12.2 Å². The van der Waals surface area contributed by atoms with Crippen molar-refractivity contribution < 1.29 is 4.79 Å². The number of rotatable bonds is 3. The summed E-state index contributed by atoms with van der Waals surface area (Å²) in [6, 6.07) is 0. The van der Waals surface area contributed by atoms with Crippen molar-refractivity contribution in [3.8, 4) is 0 Å². The molecule has 64 valence electrons. The Balaban J connectivity index is 4.27. The zero-order valence-electron chi connectivity index (χ0n) is 7.13. The van der Waals surface area contributed by atoms with E-state index in [1.165, 1.54) is 4.90 Å². The number of carbonyl (C=O) groups excluding carboxylic acids is 1. The van der Waals surface area contributed by atoms with Gasteiger partial charge in [-0.2, -0.15) is 0 Å². The summed E-state index contributed by atoms with van der Waals surface area (Å²) >= 11 is 4.74. The second-order valence-corrected chi connectivity index (χ2v) is 3.07. The summed E-state index contributed by atoms with van der Waals surface area (Å²) in [5.74, 6) is -0.306. The first kappa shape index (κ1) is 10.4. The number of nitrogens with zero attached hydrogens (tertiary/aromatic N) is 1. The number of carbonyl (C=O) groups is 1. The minimum Gasteiger partial charge on any atom is -0.393 e. The van der Waals surface area contributed by atoms with E-state index in [-0.39, 0.29) is 16.8 Å². The minimum atomic E-state index is -0.292. The molecule has 0 aliphatic carbocycles. The van der Waals surface area contributed by atoms with Crippen LogP contribution in [0.25, 0.3) is 0 Å². The predicted molar refractivity (Wildman–Crippen MR) is 49.3 cm³/mol. The molecular weight excluding hydrogens is 160 g/mol. The molecule has 3 nitrogen and oxygen atoms in total. The lowest BCUT2D eigenvalue weighted by Gasteiger charge is -2.17. The van der Waals surface area contributed by atoms with Gasteiger partial charge in [0.2, 0.25) is 5.91 Å². The smallest absolute Gasteiger partial charge is 0.231 e. The molecule has 0 fully saturated rings. The van der Waals surface area contributed by atoms with Crippen LogP contribution in [0.3, 0.4) is 0 Å². The standard InChI is InChI=1S/C7H14N2OS/c1-4-5(6(8)11)7(10)9(2)3/h5H,4H2,1-3H3,(H2,8,11). The molecule has 0 aromatic carbocycles. The Labute approximate surface area is 72.5 Å². The molecule has 0 heterocycles. The molecule has 4 heteroatoms. The average molecular weight is 174 g/mol. The van der Waals surface area contributed by atoms with Crippen molar-refractivity contribution in [2.45, 2.75) is 13.3 Å². The first-order chi connectivity index (χ1) is 5.00. The van der Waals surface area contributed by atoms with Crippen LogP contribution in [0.1, 0.15) is 13.3 Å². The van der Waals surface area contributed by atoms with E-state index in [2.05, 4.69) is 0 Å². The van der Waals surface area contributed by atoms with Gasteiger partial charge in [0.05, 0.1) is 10.9 Å². The fourth-order valence-electron chi connectivity index (χ4n) is 0.809. The Bertz CT molecular complexity index is 168. The maximum atomic E-state index is 11.3. The van der Waals surface area contributed by atoms with Crippen molar-refractivity contribution in [1.82, 2.24) is 4.90 Å². The van der Waals surface area contributed by atoms with Gasteiger partial charge in [0, 0.05) is 14.1 Å². The van der Waals surface area contributed by atoms with Crippen molar-refractivity contribution in [3.63, 3.8) is 0 Å². The van der Waals surface area contributed by atoms with Crippen LogP contribution in [0, 0.1) is 5.92 Å². The summed E-state index contributed by atoms with van der Waals surface area (Å²) < 4.78 is 0. The van der Waals surface area contributed by atoms with E-state index in [0.29, 0.717) is 6.42 Å². The summed E-state index contributed by atoms with van der Waals surface area (Å²) in [6.45, 7) is 1.89. The quantitative estimate of drug-likeness (QED) is 0.629. The Hall–Kier alpha value is -0.640. The van der Waals surface area contributed by atoms with Gasteiger partial charge >= 0.3 is 0 Å². The van der Waals surface area contributed by atoms with Crippen LogP contribution in [-0.4, -0.2) is 29.9 Å². The molecule has 0 aliphatic rings. The first-order valence-electron chi connectivity index (χ1n) is 3.51. The molecule has 0 spiro atoms. The van der Waals surface area contributed by atoms with Gasteiger partial charge in [-0.1, -0.05) is 19.1 Å². The highest BCUT2D eigenvalue weighted by molar-refractivity contribution is 7.80. The molecule has 11 heavy (non-hydrogen) atoms. The predicted octanol–water partition coefficient (Wildman–Crippen LogP) is 0.387. The third-order valence-corrected chi connectivity index (χ3v) is 1.78. The van der Waals surface area contributed by atoms with E-state index < -0.39 is 0 Å². The van der Waals surface area contributed by atoms with Gasteiger partial charge in [-0.05, 0) is 6.42 Å². The van der Waals surface area contributed by atoms with Crippen molar-refractivity contribution in [3.05, 3.63) is 0 Å². The zero-order valence-corrected chi connectivity index (χ0v) is 7.94. The van der Waals surface area contributed by atoms with Crippen LogP contribution in [0.5, 0.6) is 0 Å². The summed E-state index contributed by atoms with van der Waals surface area (Å²) in [5, 5.41) is 0. The van der Waals surface area contributed by atoms with Crippen molar-refractivity contribution >= 4 is 23.1 Å². The molecule has 0 aromatic heterocycles. The maximum absolute atomic E-state index is 11.3. The van der Waals surface area contributed by atoms with Crippen LogP contribution < -0.4 is 5.73 Å². The van der Waals surface area contributed by atoms with E-state index in [0.717, 1.165) is 0 Å². The lowest BCUT2D eigenvalue weighted by atomic mass is 10.1. The van der Waals surface area contributed by atoms with Gasteiger partial charge < -0.3 is 10.6 Å². The summed E-state index contributed by atoms with van der Waals surface area (Å²) in [4.78, 5) is 13.1. The number of hydrogen-bond donors (Lipinski definition) is 1. The van der Waals surface area contributed by atoms with Crippen LogP contribution in [0.4, 0.5) is 0 Å². The molecule has 0 saturated carbocycles. The van der Waals surface area contributed by atoms with Gasteiger partial charge in [-0.25, -0.2) is 0 Å². The largest absolute Gasteiger partial charge is 0.393 e. The van der Waals surface area contributed by atoms with Crippen LogP contribution in [0.2, 0.25) is 0 Å². The topological polar surface area (TPSA) is 46.3 Å². The molecule has 0 saturated heterocycles. The number of amides is 1. The second kappa shape index (κ2) is 4.28. The van der Waals surface area contributed by atoms with E-state index >= 15 is 0 Å². The number of thiocarbonyl (C=S) groups is 1.